The van der Waals surface area contributed by atoms with Gasteiger partial charge in [0.15, 0.2) is 0 Å². The number of hydrogen-bond acceptors (Lipinski definition) is 7. The van der Waals surface area contributed by atoms with Gasteiger partial charge in [-0.05, 0) is 88.8 Å². The number of ether oxygens (including phenoxy) is 2. The summed E-state index contributed by atoms with van der Waals surface area (Å²) in [4.78, 5) is 33.3. The molecule has 0 spiro atoms. The van der Waals surface area contributed by atoms with Gasteiger partial charge in [-0.25, -0.2) is 14.8 Å². The smallest absolute Gasteiger partial charge is 0.407 e. The number of rotatable bonds is 11. The maximum atomic E-state index is 12.6. The number of alkyl carbamates (subject to hydrolysis) is 1. The summed E-state index contributed by atoms with van der Waals surface area (Å²) in [5, 5.41) is 9.99. The van der Waals surface area contributed by atoms with E-state index in [1.54, 1.807) is 19.4 Å². The lowest BCUT2D eigenvalue weighted by atomic mass is 10.00. The summed E-state index contributed by atoms with van der Waals surface area (Å²) in [7, 11) is 1.63. The molecular formula is C29H37N5O4. The standard InChI is InChI=1S/C29H37N5O4/c1-29(2,3)38-28(36)31-15-7-5-6-14-30-27-32-18-21-16-19(8-12-24(21)34-27)23-17-20(9-13-25(23)37-4)26(35)33-22-10-11-22/h8-9,12-13,16-18,22H,5-7,10-11,14-15H2,1-4H3,(H,31,36)(H,33,35)(H,30,32,34). The minimum Gasteiger partial charge on any atom is -0.496 e. The topological polar surface area (TPSA) is 114 Å². The summed E-state index contributed by atoms with van der Waals surface area (Å²) in [6.45, 7) is 6.87. The van der Waals surface area contributed by atoms with Gasteiger partial charge in [-0.2, -0.15) is 0 Å². The highest BCUT2D eigenvalue weighted by molar-refractivity contribution is 5.97. The van der Waals surface area contributed by atoms with Crippen molar-refractivity contribution in [2.75, 3.05) is 25.5 Å². The van der Waals surface area contributed by atoms with Crippen LogP contribution in [-0.4, -0.2) is 53.8 Å². The van der Waals surface area contributed by atoms with E-state index in [2.05, 4.69) is 25.9 Å². The lowest BCUT2D eigenvalue weighted by molar-refractivity contribution is 0.0526. The third-order valence-corrected chi connectivity index (χ3v) is 6.07. The molecule has 2 amide bonds. The zero-order valence-corrected chi connectivity index (χ0v) is 22.6. The van der Waals surface area contributed by atoms with Crippen LogP contribution < -0.4 is 20.7 Å². The third-order valence-electron chi connectivity index (χ3n) is 6.07. The van der Waals surface area contributed by atoms with Gasteiger partial charge in [0.2, 0.25) is 5.95 Å². The van der Waals surface area contributed by atoms with E-state index in [0.717, 1.165) is 60.7 Å². The van der Waals surface area contributed by atoms with Crippen LogP contribution in [0.3, 0.4) is 0 Å². The van der Waals surface area contributed by atoms with Crippen LogP contribution in [0.4, 0.5) is 10.7 Å². The van der Waals surface area contributed by atoms with Gasteiger partial charge in [-0.15, -0.1) is 0 Å². The highest BCUT2D eigenvalue weighted by atomic mass is 16.6. The van der Waals surface area contributed by atoms with E-state index in [4.69, 9.17) is 9.47 Å². The molecule has 1 aliphatic carbocycles. The molecule has 0 radical (unpaired) electrons. The Kier molecular flexibility index (Phi) is 8.66. The lowest BCUT2D eigenvalue weighted by Crippen LogP contribution is -2.33. The highest BCUT2D eigenvalue weighted by Gasteiger charge is 2.24. The van der Waals surface area contributed by atoms with Crippen molar-refractivity contribution in [3.8, 4) is 16.9 Å². The van der Waals surface area contributed by atoms with Crippen LogP contribution in [0.5, 0.6) is 5.75 Å². The summed E-state index contributed by atoms with van der Waals surface area (Å²) in [5.74, 6) is 1.22. The van der Waals surface area contributed by atoms with E-state index in [-0.39, 0.29) is 12.0 Å². The Hall–Kier alpha value is -3.88. The molecular weight excluding hydrogens is 482 g/mol. The lowest BCUT2D eigenvalue weighted by Gasteiger charge is -2.19. The monoisotopic (exact) mass is 519 g/mol. The molecule has 38 heavy (non-hydrogen) atoms. The van der Waals surface area contributed by atoms with Crippen LogP contribution in [0.15, 0.2) is 42.6 Å². The number of methoxy groups -OCH3 is 1. The van der Waals surface area contributed by atoms with Crippen LogP contribution in [-0.2, 0) is 4.74 Å². The van der Waals surface area contributed by atoms with E-state index in [1.165, 1.54) is 0 Å². The molecule has 9 heteroatoms. The Bertz CT molecular complexity index is 1280. The quantitative estimate of drug-likeness (QED) is 0.294. The number of carbonyl (C=O) groups is 2. The molecule has 0 unspecified atom stereocenters. The van der Waals surface area contributed by atoms with Crippen molar-refractivity contribution in [2.45, 2.75) is 64.5 Å². The van der Waals surface area contributed by atoms with E-state index in [0.29, 0.717) is 29.8 Å². The minimum absolute atomic E-state index is 0.0597. The van der Waals surface area contributed by atoms with E-state index < -0.39 is 5.60 Å². The van der Waals surface area contributed by atoms with Gasteiger partial charge in [0.05, 0.1) is 12.6 Å². The number of nitrogens with one attached hydrogen (secondary N) is 3. The average Bonchev–Trinajstić information content (AvgIpc) is 3.70. The van der Waals surface area contributed by atoms with Crippen molar-refractivity contribution < 1.29 is 19.1 Å². The van der Waals surface area contributed by atoms with Crippen molar-refractivity contribution in [3.05, 3.63) is 48.2 Å². The molecule has 0 atom stereocenters. The van der Waals surface area contributed by atoms with Crippen molar-refractivity contribution in [1.29, 1.82) is 0 Å². The second-order valence-corrected chi connectivity index (χ2v) is 10.5. The molecule has 0 bridgehead atoms. The molecule has 1 saturated carbocycles. The summed E-state index contributed by atoms with van der Waals surface area (Å²) in [6, 6.07) is 11.7. The maximum absolute atomic E-state index is 12.6. The zero-order chi connectivity index (χ0) is 27.1. The van der Waals surface area contributed by atoms with Gasteiger partial charge in [-0.1, -0.05) is 6.07 Å². The number of nitrogens with zero attached hydrogens (tertiary/aromatic N) is 2. The number of fused-ring (bicyclic) bond motifs is 1. The van der Waals surface area contributed by atoms with Crippen molar-refractivity contribution in [1.82, 2.24) is 20.6 Å². The minimum atomic E-state index is -0.486. The largest absolute Gasteiger partial charge is 0.496 e. The molecule has 1 fully saturated rings. The van der Waals surface area contributed by atoms with Gasteiger partial charge in [0.25, 0.3) is 5.91 Å². The van der Waals surface area contributed by atoms with Crippen LogP contribution in [0, 0.1) is 0 Å². The first-order valence-electron chi connectivity index (χ1n) is 13.2. The summed E-state index contributed by atoms with van der Waals surface area (Å²) >= 11 is 0. The second-order valence-electron chi connectivity index (χ2n) is 10.5. The van der Waals surface area contributed by atoms with Crippen LogP contribution in [0.2, 0.25) is 0 Å². The summed E-state index contributed by atoms with van der Waals surface area (Å²) in [6.07, 6.45) is 6.27. The molecule has 3 aromatic rings. The number of amides is 2. The van der Waals surface area contributed by atoms with E-state index in [9.17, 15) is 9.59 Å². The normalized spacial score (nSPS) is 13.2. The fourth-order valence-electron chi connectivity index (χ4n) is 3.99. The molecule has 0 aliphatic heterocycles. The SMILES string of the molecule is COc1ccc(C(=O)NC2CC2)cc1-c1ccc2nc(NCCCCCNC(=O)OC(C)(C)C)ncc2c1. The molecule has 3 N–H and O–H groups in total. The number of anilines is 1. The van der Waals surface area contributed by atoms with Gasteiger partial charge in [-0.3, -0.25) is 4.79 Å². The number of aromatic nitrogens is 2. The molecule has 1 aliphatic rings. The molecule has 1 heterocycles. The average molecular weight is 520 g/mol. The summed E-state index contributed by atoms with van der Waals surface area (Å²) in [5.41, 5.74) is 2.74. The second kappa shape index (κ2) is 12.1. The number of hydrogen-bond donors (Lipinski definition) is 3. The Morgan fingerprint density at radius 2 is 1.82 bits per heavy atom. The Morgan fingerprint density at radius 1 is 1.03 bits per heavy atom. The van der Waals surface area contributed by atoms with Gasteiger partial charge in [0.1, 0.15) is 11.4 Å². The van der Waals surface area contributed by atoms with E-state index in [1.807, 2.05) is 51.1 Å². The Balaban J connectivity index is 1.31. The molecule has 9 nitrogen and oxygen atoms in total. The van der Waals surface area contributed by atoms with Gasteiger partial charge >= 0.3 is 6.09 Å². The molecule has 2 aromatic carbocycles. The molecule has 1 aromatic heterocycles. The first kappa shape index (κ1) is 27.2. The van der Waals surface area contributed by atoms with Crippen LogP contribution in [0.25, 0.3) is 22.0 Å². The fourth-order valence-corrected chi connectivity index (χ4v) is 3.99. The number of unbranched alkanes of at least 4 members (excludes halogenated alkanes) is 2. The third kappa shape index (κ3) is 7.81. The van der Waals surface area contributed by atoms with Crippen LogP contribution in [0.1, 0.15) is 63.2 Å². The van der Waals surface area contributed by atoms with Crippen LogP contribution >= 0.6 is 0 Å². The van der Waals surface area contributed by atoms with Crippen molar-refractivity contribution in [2.24, 2.45) is 0 Å². The highest BCUT2D eigenvalue weighted by Crippen LogP contribution is 2.33. The summed E-state index contributed by atoms with van der Waals surface area (Å²) < 4.78 is 10.8. The fraction of sp³-hybridized carbons (Fsp3) is 0.448. The predicted molar refractivity (Wildman–Crippen MR) is 149 cm³/mol. The van der Waals surface area contributed by atoms with Gasteiger partial charge in [0, 0.05) is 41.8 Å². The van der Waals surface area contributed by atoms with Crippen molar-refractivity contribution >= 4 is 28.9 Å². The van der Waals surface area contributed by atoms with E-state index >= 15 is 0 Å². The zero-order valence-electron chi connectivity index (χ0n) is 22.6. The molecule has 4 rings (SSSR count). The Morgan fingerprint density at radius 3 is 2.55 bits per heavy atom. The molecule has 0 saturated heterocycles. The first-order valence-corrected chi connectivity index (χ1v) is 13.2. The number of carbonyl (C=O) groups excluding carboxylic acids is 2. The van der Waals surface area contributed by atoms with Gasteiger partial charge < -0.3 is 25.4 Å². The number of benzene rings is 2. The van der Waals surface area contributed by atoms with Crippen molar-refractivity contribution in [3.63, 3.8) is 0 Å². The molecule has 202 valence electrons. The Labute approximate surface area is 223 Å². The maximum Gasteiger partial charge on any atom is 0.407 e. The predicted octanol–water partition coefficient (Wildman–Crippen LogP) is 5.30. The first-order chi connectivity index (χ1) is 18.2.